The topological polar surface area (TPSA) is 123 Å². The van der Waals surface area contributed by atoms with Gasteiger partial charge in [-0.25, -0.2) is 4.99 Å². The van der Waals surface area contributed by atoms with E-state index in [9.17, 15) is 20.0 Å². The molecule has 2 heterocycles. The molecule has 5 rings (SSSR count). The summed E-state index contributed by atoms with van der Waals surface area (Å²) in [6.07, 6.45) is 4.92. The molecule has 9 nitrogen and oxygen atoms in total. The van der Waals surface area contributed by atoms with E-state index in [1.54, 1.807) is 56.3 Å². The van der Waals surface area contributed by atoms with Crippen molar-refractivity contribution in [3.05, 3.63) is 132 Å². The van der Waals surface area contributed by atoms with Crippen molar-refractivity contribution < 1.29 is 14.8 Å². The summed E-state index contributed by atoms with van der Waals surface area (Å²) in [6.45, 7) is 3.49. The molecule has 4 aromatic rings. The Morgan fingerprint density at radius 1 is 1.00 bits per heavy atom. The maximum Gasteiger partial charge on any atom is 0.272 e. The van der Waals surface area contributed by atoms with Crippen molar-refractivity contribution in [3.8, 4) is 23.1 Å². The average Bonchev–Trinajstić information content (AvgIpc) is 3.38. The Balaban J connectivity index is 1.48. The molecule has 0 fully saturated rings. The Hall–Kier alpha value is -5.09. The van der Waals surface area contributed by atoms with Gasteiger partial charge in [0.2, 0.25) is 5.88 Å². The van der Waals surface area contributed by atoms with E-state index >= 15 is 0 Å². The van der Waals surface area contributed by atoms with E-state index in [0.29, 0.717) is 34.2 Å². The zero-order chi connectivity index (χ0) is 27.7. The molecule has 0 atom stereocenters. The second-order valence-electron chi connectivity index (χ2n) is 8.78. The third-order valence-electron chi connectivity index (χ3n) is 6.38. The van der Waals surface area contributed by atoms with Gasteiger partial charge in [0.15, 0.2) is 4.77 Å². The minimum atomic E-state index is -0.565. The predicted molar refractivity (Wildman–Crippen MR) is 152 cm³/mol. The van der Waals surface area contributed by atoms with Gasteiger partial charge in [0, 0.05) is 17.2 Å². The summed E-state index contributed by atoms with van der Waals surface area (Å²) in [7, 11) is 0. The van der Waals surface area contributed by atoms with E-state index in [2.05, 4.69) is 9.98 Å². The third-order valence-corrected chi connectivity index (χ3v) is 6.66. The van der Waals surface area contributed by atoms with Crippen LogP contribution in [0.25, 0.3) is 11.8 Å². The van der Waals surface area contributed by atoms with Gasteiger partial charge in [-0.3, -0.25) is 24.5 Å². The number of nitro groups is 1. The summed E-state index contributed by atoms with van der Waals surface area (Å²) >= 11 is 5.33. The Labute approximate surface area is 227 Å². The summed E-state index contributed by atoms with van der Waals surface area (Å²) in [5.74, 6) is 0.941. The lowest BCUT2D eigenvalue weighted by Crippen LogP contribution is -2.16. The molecular formula is C29H22N4O5S. The fraction of sp³-hybridized carbons (Fsp3) is 0.0690. The fourth-order valence-electron chi connectivity index (χ4n) is 4.23. The first-order chi connectivity index (χ1) is 18.7. The van der Waals surface area contributed by atoms with Crippen LogP contribution in [0.4, 0.5) is 5.69 Å². The van der Waals surface area contributed by atoms with Gasteiger partial charge in [0.05, 0.1) is 22.0 Å². The number of H-pyrrole nitrogens is 1. The number of nitro benzene ring substituents is 1. The first-order valence-corrected chi connectivity index (χ1v) is 12.3. The zero-order valence-corrected chi connectivity index (χ0v) is 21.7. The van der Waals surface area contributed by atoms with Crippen LogP contribution in [0.2, 0.25) is 0 Å². The molecule has 0 amide bonds. The molecule has 1 aliphatic heterocycles. The highest BCUT2D eigenvalue weighted by molar-refractivity contribution is 7.71. The van der Waals surface area contributed by atoms with Crippen LogP contribution in [0.15, 0.2) is 94.4 Å². The van der Waals surface area contributed by atoms with E-state index in [1.807, 2.05) is 30.3 Å². The van der Waals surface area contributed by atoms with Crippen molar-refractivity contribution in [1.29, 1.82) is 0 Å². The number of nitrogens with zero attached hydrogens (tertiary/aromatic N) is 3. The standard InChI is InChI=1S/C29H22N4O5S/c1-17-18(2)26(33(36)37)15-13-23(17)25-14-8-19(30-25)16-24-27(34)31-29(39)32(28(24)35)20-9-11-22(12-10-20)38-21-6-4-3-5-7-21/h3-16,35H,1-2H3,(H,31,34,39). The molecule has 0 saturated carbocycles. The van der Waals surface area contributed by atoms with Gasteiger partial charge in [-0.2, -0.15) is 0 Å². The molecule has 10 heteroatoms. The molecule has 3 aromatic carbocycles. The molecule has 2 N–H and O–H groups in total. The summed E-state index contributed by atoms with van der Waals surface area (Å²) in [5, 5.41) is 22.3. The van der Waals surface area contributed by atoms with Gasteiger partial charge in [-0.05, 0) is 92.3 Å². The Morgan fingerprint density at radius 3 is 2.38 bits per heavy atom. The van der Waals surface area contributed by atoms with Gasteiger partial charge in [-0.15, -0.1) is 0 Å². The molecule has 0 unspecified atom stereocenters. The fourth-order valence-corrected chi connectivity index (χ4v) is 4.52. The number of hydrogen-bond donors (Lipinski definition) is 2. The van der Waals surface area contributed by atoms with Crippen LogP contribution in [-0.4, -0.2) is 25.3 Å². The van der Waals surface area contributed by atoms with Gasteiger partial charge in [0.1, 0.15) is 17.1 Å². The quantitative estimate of drug-likeness (QED) is 0.168. The summed E-state index contributed by atoms with van der Waals surface area (Å²) in [4.78, 5) is 30.8. The van der Waals surface area contributed by atoms with E-state index < -0.39 is 10.5 Å². The number of aromatic hydroxyl groups is 1. The molecule has 39 heavy (non-hydrogen) atoms. The van der Waals surface area contributed by atoms with Crippen molar-refractivity contribution in [2.24, 2.45) is 4.99 Å². The maximum absolute atomic E-state index is 12.7. The van der Waals surface area contributed by atoms with Gasteiger partial charge in [0.25, 0.3) is 11.2 Å². The summed E-state index contributed by atoms with van der Waals surface area (Å²) in [6, 6.07) is 19.3. The number of aliphatic imine (C=N–C) groups is 1. The Morgan fingerprint density at radius 2 is 1.69 bits per heavy atom. The van der Waals surface area contributed by atoms with Crippen LogP contribution in [0.5, 0.6) is 17.4 Å². The molecule has 1 aromatic heterocycles. The normalized spacial score (nSPS) is 13.5. The highest BCUT2D eigenvalue weighted by atomic mass is 32.1. The minimum absolute atomic E-state index is 0.0190. The summed E-state index contributed by atoms with van der Waals surface area (Å²) < 4.78 is 7.20. The SMILES string of the molecule is Cc1c(C2=NC(=Cc3c(O)n(-c4ccc(Oc5ccccc5)cc4)c(=S)[nH]c3=O)C=C2)ccc([N+](=O)[O-])c1C. The molecule has 1 aliphatic rings. The highest BCUT2D eigenvalue weighted by Crippen LogP contribution is 2.29. The van der Waals surface area contributed by atoms with E-state index in [-0.39, 0.29) is 21.9 Å². The van der Waals surface area contributed by atoms with Crippen molar-refractivity contribution >= 4 is 29.7 Å². The van der Waals surface area contributed by atoms with Crippen molar-refractivity contribution in [2.75, 3.05) is 0 Å². The molecule has 194 valence electrons. The smallest absolute Gasteiger partial charge is 0.272 e. The zero-order valence-electron chi connectivity index (χ0n) is 20.9. The molecule has 0 radical (unpaired) electrons. The number of hydrogen-bond acceptors (Lipinski definition) is 7. The molecule has 0 aliphatic carbocycles. The van der Waals surface area contributed by atoms with E-state index in [1.165, 1.54) is 16.7 Å². The van der Waals surface area contributed by atoms with Crippen molar-refractivity contribution in [1.82, 2.24) is 9.55 Å². The number of para-hydroxylation sites is 1. The van der Waals surface area contributed by atoms with E-state index in [0.717, 1.165) is 11.1 Å². The Kier molecular flexibility index (Phi) is 6.78. The lowest BCUT2D eigenvalue weighted by atomic mass is 9.98. The first-order valence-electron chi connectivity index (χ1n) is 11.9. The van der Waals surface area contributed by atoms with Crippen molar-refractivity contribution in [2.45, 2.75) is 13.8 Å². The molecule has 0 saturated heterocycles. The van der Waals surface area contributed by atoms with Crippen LogP contribution in [0.3, 0.4) is 0 Å². The van der Waals surface area contributed by atoms with E-state index in [4.69, 9.17) is 17.0 Å². The predicted octanol–water partition coefficient (Wildman–Crippen LogP) is 6.32. The lowest BCUT2D eigenvalue weighted by molar-refractivity contribution is -0.385. The Bertz CT molecular complexity index is 1820. The van der Waals surface area contributed by atoms with Gasteiger partial charge < -0.3 is 9.84 Å². The maximum atomic E-state index is 12.7. The molecule has 0 bridgehead atoms. The van der Waals surface area contributed by atoms with Crippen LogP contribution in [-0.2, 0) is 0 Å². The van der Waals surface area contributed by atoms with Gasteiger partial charge in [-0.1, -0.05) is 18.2 Å². The third kappa shape index (κ3) is 5.05. The lowest BCUT2D eigenvalue weighted by Gasteiger charge is -2.12. The minimum Gasteiger partial charge on any atom is -0.494 e. The second-order valence-corrected chi connectivity index (χ2v) is 9.17. The molecular weight excluding hydrogens is 516 g/mol. The number of benzene rings is 3. The summed E-state index contributed by atoms with van der Waals surface area (Å²) in [5.41, 5.74) is 3.04. The average molecular weight is 539 g/mol. The van der Waals surface area contributed by atoms with Crippen LogP contribution in [0, 0.1) is 28.7 Å². The number of aromatic amines is 1. The monoisotopic (exact) mass is 538 g/mol. The number of ether oxygens (including phenoxy) is 1. The van der Waals surface area contributed by atoms with Gasteiger partial charge >= 0.3 is 0 Å². The molecule has 0 spiro atoms. The number of nitrogens with one attached hydrogen (secondary N) is 1. The number of allylic oxidation sites excluding steroid dienone is 2. The van der Waals surface area contributed by atoms with Crippen molar-refractivity contribution in [3.63, 3.8) is 0 Å². The van der Waals surface area contributed by atoms with Crippen LogP contribution >= 0.6 is 12.2 Å². The second kappa shape index (κ2) is 10.3. The number of aromatic nitrogens is 2. The highest BCUT2D eigenvalue weighted by Gasteiger charge is 2.19. The number of rotatable bonds is 6. The van der Waals surface area contributed by atoms with Crippen LogP contribution in [0.1, 0.15) is 22.3 Å². The van der Waals surface area contributed by atoms with Crippen LogP contribution < -0.4 is 10.3 Å². The first kappa shape index (κ1) is 25.6. The largest absolute Gasteiger partial charge is 0.494 e.